The molecule has 0 aliphatic rings. The molecule has 0 saturated heterocycles. The Morgan fingerprint density at radius 1 is 0.923 bits per heavy atom. The van der Waals surface area contributed by atoms with E-state index < -0.39 is 11.6 Å². The van der Waals surface area contributed by atoms with Crippen molar-refractivity contribution in [3.05, 3.63) is 70.8 Å². The van der Waals surface area contributed by atoms with Crippen molar-refractivity contribution in [3.8, 4) is 22.6 Å². The average Bonchev–Trinajstić information content (AvgIpc) is 2.98. The van der Waals surface area contributed by atoms with E-state index in [1.54, 1.807) is 30.3 Å². The summed E-state index contributed by atoms with van der Waals surface area (Å²) in [6, 6.07) is 11.5. The van der Waals surface area contributed by atoms with Crippen LogP contribution in [0.15, 0.2) is 48.5 Å². The minimum atomic E-state index is -0.722. The van der Waals surface area contributed by atoms with Gasteiger partial charge in [0.05, 0.1) is 0 Å². The van der Waals surface area contributed by atoms with Gasteiger partial charge in [-0.05, 0) is 60.5 Å². The Labute approximate surface area is 152 Å². The smallest absolute Gasteiger partial charge is 0.150 e. The first kappa shape index (κ1) is 16.5. The van der Waals surface area contributed by atoms with Crippen molar-refractivity contribution in [3.63, 3.8) is 0 Å². The Kier molecular flexibility index (Phi) is 3.85. The molecule has 0 saturated carbocycles. The molecule has 0 fully saturated rings. The van der Waals surface area contributed by atoms with E-state index in [1.165, 1.54) is 4.80 Å². The molecule has 0 radical (unpaired) electrons. The summed E-state index contributed by atoms with van der Waals surface area (Å²) in [5, 5.41) is 19.9. The van der Waals surface area contributed by atoms with Gasteiger partial charge in [0.2, 0.25) is 0 Å². The molecule has 4 aromatic rings. The van der Waals surface area contributed by atoms with E-state index in [0.717, 1.165) is 23.8 Å². The summed E-state index contributed by atoms with van der Waals surface area (Å²) < 4.78 is 27.2. The number of phenols is 1. The number of rotatable bonds is 2. The Morgan fingerprint density at radius 2 is 1.62 bits per heavy atom. The molecule has 0 bridgehead atoms. The normalized spacial score (nSPS) is 11.2. The quantitative estimate of drug-likeness (QED) is 0.537. The molecule has 1 N–H and O–H groups in total. The zero-order chi connectivity index (χ0) is 18.4. The molecular formula is C19H12ClF2N3O. The number of hydrogen-bond acceptors (Lipinski definition) is 3. The van der Waals surface area contributed by atoms with E-state index in [9.17, 15) is 13.9 Å². The highest BCUT2D eigenvalue weighted by Gasteiger charge is 2.16. The molecule has 7 heteroatoms. The zero-order valence-corrected chi connectivity index (χ0v) is 14.3. The predicted molar refractivity (Wildman–Crippen MR) is 95.6 cm³/mol. The maximum absolute atomic E-state index is 13.6. The first-order valence-electron chi connectivity index (χ1n) is 7.74. The van der Waals surface area contributed by atoms with Crippen molar-refractivity contribution in [1.82, 2.24) is 15.0 Å². The van der Waals surface area contributed by atoms with E-state index in [-0.39, 0.29) is 16.9 Å². The van der Waals surface area contributed by atoms with Gasteiger partial charge in [-0.15, -0.1) is 15.0 Å². The van der Waals surface area contributed by atoms with E-state index in [4.69, 9.17) is 11.6 Å². The topological polar surface area (TPSA) is 50.9 Å². The molecule has 0 atom stereocenters. The summed E-state index contributed by atoms with van der Waals surface area (Å²) in [5.74, 6) is -1.62. The van der Waals surface area contributed by atoms with Gasteiger partial charge in [-0.1, -0.05) is 11.6 Å². The zero-order valence-electron chi connectivity index (χ0n) is 13.5. The molecule has 1 heterocycles. The number of phenolic OH excluding ortho intramolecular Hbond substituents is 1. The first-order chi connectivity index (χ1) is 12.4. The average molecular weight is 372 g/mol. The predicted octanol–water partition coefficient (Wildman–Crippen LogP) is 5.03. The number of hydrogen-bond donors (Lipinski definition) is 1. The molecule has 1 aromatic heterocycles. The van der Waals surface area contributed by atoms with Crippen molar-refractivity contribution < 1.29 is 13.9 Å². The van der Waals surface area contributed by atoms with Crippen LogP contribution in [0, 0.1) is 18.6 Å². The molecular weight excluding hydrogens is 360 g/mol. The third-order valence-corrected chi connectivity index (χ3v) is 4.20. The molecule has 26 heavy (non-hydrogen) atoms. The van der Waals surface area contributed by atoms with Gasteiger partial charge in [-0.2, -0.15) is 0 Å². The Hall–Kier alpha value is -2.99. The van der Waals surface area contributed by atoms with Crippen LogP contribution < -0.4 is 0 Å². The van der Waals surface area contributed by atoms with Gasteiger partial charge in [-0.25, -0.2) is 8.78 Å². The van der Waals surface area contributed by atoms with Crippen molar-refractivity contribution in [2.75, 3.05) is 0 Å². The molecule has 0 amide bonds. The number of halogens is 3. The number of fused-ring (bicyclic) bond motifs is 1. The minimum absolute atomic E-state index is 0.174. The van der Waals surface area contributed by atoms with Crippen LogP contribution >= 0.6 is 11.6 Å². The van der Waals surface area contributed by atoms with Gasteiger partial charge in [-0.3, -0.25) is 0 Å². The highest BCUT2D eigenvalue weighted by Crippen LogP contribution is 2.36. The third-order valence-electron chi connectivity index (χ3n) is 3.97. The fourth-order valence-electron chi connectivity index (χ4n) is 2.84. The lowest BCUT2D eigenvalue weighted by atomic mass is 10.0. The molecule has 0 aliphatic carbocycles. The summed E-state index contributed by atoms with van der Waals surface area (Å²) in [4.78, 5) is 1.28. The number of aromatic nitrogens is 3. The van der Waals surface area contributed by atoms with Crippen LogP contribution in [-0.2, 0) is 0 Å². The second-order valence-electron chi connectivity index (χ2n) is 5.96. The van der Waals surface area contributed by atoms with E-state index in [1.807, 2.05) is 6.92 Å². The molecule has 130 valence electrons. The summed E-state index contributed by atoms with van der Waals surface area (Å²) >= 11 is 5.97. The summed E-state index contributed by atoms with van der Waals surface area (Å²) in [5.41, 5.74) is 2.77. The van der Waals surface area contributed by atoms with Crippen molar-refractivity contribution in [2.24, 2.45) is 0 Å². The second-order valence-corrected chi connectivity index (χ2v) is 6.40. The van der Waals surface area contributed by atoms with Crippen LogP contribution in [-0.4, -0.2) is 20.1 Å². The Bertz CT molecular complexity index is 1140. The van der Waals surface area contributed by atoms with E-state index in [2.05, 4.69) is 10.2 Å². The maximum Gasteiger partial charge on any atom is 0.150 e. The summed E-state index contributed by atoms with van der Waals surface area (Å²) in [6.07, 6.45) is 0. The summed E-state index contributed by atoms with van der Waals surface area (Å²) in [7, 11) is 0. The fraction of sp³-hybridized carbons (Fsp3) is 0.0526. The van der Waals surface area contributed by atoms with Gasteiger partial charge in [0.1, 0.15) is 28.4 Å². The lowest BCUT2D eigenvalue weighted by Crippen LogP contribution is -2.01. The lowest BCUT2D eigenvalue weighted by Gasteiger charge is -2.11. The molecule has 4 nitrogen and oxygen atoms in total. The molecule has 0 aliphatic heterocycles. The van der Waals surface area contributed by atoms with Gasteiger partial charge in [0, 0.05) is 16.7 Å². The molecule has 0 spiro atoms. The van der Waals surface area contributed by atoms with Gasteiger partial charge in [0.25, 0.3) is 0 Å². The third kappa shape index (κ3) is 2.88. The van der Waals surface area contributed by atoms with Gasteiger partial charge >= 0.3 is 0 Å². The van der Waals surface area contributed by atoms with Crippen molar-refractivity contribution in [2.45, 2.75) is 6.92 Å². The van der Waals surface area contributed by atoms with Crippen LogP contribution in [0.2, 0.25) is 5.02 Å². The first-order valence-corrected chi connectivity index (χ1v) is 8.11. The van der Waals surface area contributed by atoms with Crippen LogP contribution in [0.4, 0.5) is 8.78 Å². The standard InChI is InChI=1S/C19H12ClF2N3O/c1-10-4-15(11-6-13(21)9-14(22)7-11)19(26)18(5-10)25-23-16-3-2-12(20)8-17(16)24-25/h2-9,26H,1H3. The van der Waals surface area contributed by atoms with E-state index >= 15 is 0 Å². The minimum Gasteiger partial charge on any atom is -0.505 e. The number of aryl methyl sites for hydroxylation is 1. The van der Waals surface area contributed by atoms with Crippen LogP contribution in [0.1, 0.15) is 5.56 Å². The van der Waals surface area contributed by atoms with Crippen LogP contribution in [0.3, 0.4) is 0 Å². The van der Waals surface area contributed by atoms with Crippen LogP contribution in [0.5, 0.6) is 5.75 Å². The highest BCUT2D eigenvalue weighted by molar-refractivity contribution is 6.31. The largest absolute Gasteiger partial charge is 0.505 e. The molecule has 4 rings (SSSR count). The van der Waals surface area contributed by atoms with Crippen molar-refractivity contribution in [1.29, 1.82) is 0 Å². The highest BCUT2D eigenvalue weighted by atomic mass is 35.5. The van der Waals surface area contributed by atoms with Crippen LogP contribution in [0.25, 0.3) is 27.8 Å². The number of nitrogens with zero attached hydrogens (tertiary/aromatic N) is 3. The Balaban J connectivity index is 1.93. The Morgan fingerprint density at radius 3 is 2.35 bits per heavy atom. The number of benzene rings is 3. The fourth-order valence-corrected chi connectivity index (χ4v) is 3.00. The van der Waals surface area contributed by atoms with Gasteiger partial charge in [0.15, 0.2) is 5.75 Å². The molecule has 0 unspecified atom stereocenters. The number of aromatic hydroxyl groups is 1. The summed E-state index contributed by atoms with van der Waals surface area (Å²) in [6.45, 7) is 1.81. The van der Waals surface area contributed by atoms with Crippen molar-refractivity contribution >= 4 is 22.6 Å². The monoisotopic (exact) mass is 371 g/mol. The van der Waals surface area contributed by atoms with E-state index in [0.29, 0.717) is 21.7 Å². The maximum atomic E-state index is 13.6. The van der Waals surface area contributed by atoms with Gasteiger partial charge < -0.3 is 5.11 Å². The second kappa shape index (κ2) is 6.07. The SMILES string of the molecule is Cc1cc(-c2cc(F)cc(F)c2)c(O)c(-n2nc3ccc(Cl)cc3n2)c1. The molecule has 3 aromatic carbocycles. The lowest BCUT2D eigenvalue weighted by molar-refractivity contribution is 0.469.